The van der Waals surface area contributed by atoms with Crippen molar-refractivity contribution in [3.63, 3.8) is 0 Å². The minimum atomic E-state index is -1.08. The first-order valence-electron chi connectivity index (χ1n) is 7.73. The number of nitrogens with two attached hydrogens (primary N) is 1. The van der Waals surface area contributed by atoms with Gasteiger partial charge in [0.15, 0.2) is 0 Å². The fourth-order valence-electron chi connectivity index (χ4n) is 2.78. The number of fused-ring (bicyclic) bond motifs is 1. The van der Waals surface area contributed by atoms with Gasteiger partial charge in [0.1, 0.15) is 35.1 Å². The van der Waals surface area contributed by atoms with Gasteiger partial charge in [0.2, 0.25) is 5.95 Å². The van der Waals surface area contributed by atoms with E-state index in [0.717, 1.165) is 0 Å². The Morgan fingerprint density at radius 1 is 1.16 bits per heavy atom. The number of hydrogen-bond donors (Lipinski definition) is 1. The highest BCUT2D eigenvalue weighted by molar-refractivity contribution is 6.34. The summed E-state index contributed by atoms with van der Waals surface area (Å²) < 4.78 is 43.3. The molecule has 25 heavy (non-hydrogen) atoms. The van der Waals surface area contributed by atoms with Crippen LogP contribution < -0.4 is 10.6 Å². The normalized spacial score (nSPS) is 18.8. The number of nitrogens with zero attached hydrogens (tertiary/aromatic N) is 4. The first-order valence-corrected chi connectivity index (χ1v) is 8.10. The molecule has 0 spiro atoms. The molecule has 1 aromatic heterocycles. The Balaban J connectivity index is 2.26. The van der Waals surface area contributed by atoms with Crippen molar-refractivity contribution < 1.29 is 13.2 Å². The van der Waals surface area contributed by atoms with E-state index < -0.39 is 29.2 Å². The summed E-state index contributed by atoms with van der Waals surface area (Å²) in [5.41, 5.74) is 5.65. The van der Waals surface area contributed by atoms with Gasteiger partial charge in [-0.15, -0.1) is 0 Å². The molecule has 0 aliphatic carbocycles. The van der Waals surface area contributed by atoms with Gasteiger partial charge in [-0.2, -0.15) is 10.1 Å². The van der Waals surface area contributed by atoms with Crippen LogP contribution in [0.4, 0.5) is 19.1 Å². The molecule has 0 saturated carbocycles. The second-order valence-corrected chi connectivity index (χ2v) is 6.61. The van der Waals surface area contributed by atoms with Crippen LogP contribution in [0.1, 0.15) is 32.5 Å². The summed E-state index contributed by atoms with van der Waals surface area (Å²) >= 11 is 6.50. The van der Waals surface area contributed by atoms with E-state index in [1.807, 2.05) is 20.8 Å². The molecule has 1 aliphatic heterocycles. The Morgan fingerprint density at radius 2 is 1.76 bits per heavy atom. The molecule has 0 saturated heterocycles. The van der Waals surface area contributed by atoms with E-state index in [1.165, 1.54) is 11.0 Å². The Hall–Kier alpha value is -2.06. The van der Waals surface area contributed by atoms with Crippen molar-refractivity contribution in [2.24, 2.45) is 11.7 Å². The monoisotopic (exact) mass is 371 g/mol. The van der Waals surface area contributed by atoms with E-state index in [0.29, 0.717) is 18.1 Å². The second-order valence-electron chi connectivity index (χ2n) is 6.25. The van der Waals surface area contributed by atoms with E-state index in [2.05, 4.69) is 10.1 Å². The van der Waals surface area contributed by atoms with Crippen molar-refractivity contribution in [2.75, 3.05) is 4.90 Å². The zero-order chi connectivity index (χ0) is 18.5. The van der Waals surface area contributed by atoms with E-state index >= 15 is 0 Å². The van der Waals surface area contributed by atoms with Gasteiger partial charge in [0, 0.05) is 23.7 Å². The maximum absolute atomic E-state index is 14.3. The van der Waals surface area contributed by atoms with Crippen molar-refractivity contribution >= 4 is 23.1 Å². The third-order valence-corrected chi connectivity index (χ3v) is 4.80. The molecule has 1 aromatic carbocycles. The minimum absolute atomic E-state index is 0.0119. The first kappa shape index (κ1) is 17.8. The van der Waals surface area contributed by atoms with Gasteiger partial charge in [-0.1, -0.05) is 25.4 Å². The average Bonchev–Trinajstić information content (AvgIpc) is 2.98. The summed E-state index contributed by atoms with van der Waals surface area (Å²) in [6.45, 7) is 5.85. The molecule has 1 unspecified atom stereocenters. The van der Waals surface area contributed by atoms with Crippen LogP contribution in [0, 0.1) is 23.4 Å². The molecule has 0 fully saturated rings. The van der Waals surface area contributed by atoms with Crippen molar-refractivity contribution in [1.29, 1.82) is 0 Å². The van der Waals surface area contributed by atoms with Gasteiger partial charge in [-0.05, 0) is 12.8 Å². The third kappa shape index (κ3) is 2.79. The molecule has 2 aromatic rings. The quantitative estimate of drug-likeness (QED) is 0.837. The average molecular weight is 372 g/mol. The molecule has 5 nitrogen and oxygen atoms in total. The molecule has 134 valence electrons. The second kappa shape index (κ2) is 6.34. The van der Waals surface area contributed by atoms with E-state index in [9.17, 15) is 13.2 Å². The summed E-state index contributed by atoms with van der Waals surface area (Å²) in [6, 6.07) is 1.04. The summed E-state index contributed by atoms with van der Waals surface area (Å²) in [6.07, 6.45) is 0.231. The van der Waals surface area contributed by atoms with Crippen LogP contribution in [0.15, 0.2) is 23.6 Å². The van der Waals surface area contributed by atoms with E-state index in [-0.39, 0.29) is 22.7 Å². The van der Waals surface area contributed by atoms with E-state index in [1.54, 1.807) is 4.90 Å². The summed E-state index contributed by atoms with van der Waals surface area (Å²) in [7, 11) is 0. The topological polar surface area (TPSA) is 60.0 Å². The van der Waals surface area contributed by atoms with Crippen LogP contribution in [0.5, 0.6) is 0 Å². The van der Waals surface area contributed by atoms with Gasteiger partial charge in [0.05, 0.1) is 5.56 Å². The van der Waals surface area contributed by atoms with Crippen LogP contribution in [0.2, 0.25) is 0 Å². The largest absolute Gasteiger partial charge is 0.306 e. The molecule has 0 amide bonds. The molecule has 1 aliphatic rings. The maximum Gasteiger partial charge on any atom is 0.231 e. The highest BCUT2D eigenvalue weighted by Crippen LogP contribution is 2.42. The van der Waals surface area contributed by atoms with Crippen LogP contribution in [-0.2, 0) is 0 Å². The molecular formula is C16H17ClF3N5. The predicted molar refractivity (Wildman–Crippen MR) is 89.1 cm³/mol. The Bertz CT molecular complexity index is 825. The number of hydrogen-bond acceptors (Lipinski definition) is 4. The number of benzene rings is 1. The van der Waals surface area contributed by atoms with Crippen LogP contribution >= 0.6 is 11.6 Å². The summed E-state index contributed by atoms with van der Waals surface area (Å²) in [4.78, 5) is 5.79. The predicted octanol–water partition coefficient (Wildman–Crippen LogP) is 3.62. The Kier molecular flexibility index (Phi) is 4.51. The van der Waals surface area contributed by atoms with Crippen LogP contribution in [0.3, 0.4) is 0 Å². The third-order valence-electron chi connectivity index (χ3n) is 4.41. The molecule has 3 rings (SSSR count). The Labute approximate surface area is 147 Å². The SMILES string of the molecule is CC(C)[C@@H](C)N1C(Cl)=C(c2c(F)cc(F)cc2F)C(N)n2ncnc21. The lowest BCUT2D eigenvalue weighted by Crippen LogP contribution is -2.42. The lowest BCUT2D eigenvalue weighted by molar-refractivity contribution is 0.469. The minimum Gasteiger partial charge on any atom is -0.306 e. The summed E-state index contributed by atoms with van der Waals surface area (Å²) in [5.74, 6) is -2.65. The van der Waals surface area contributed by atoms with Crippen molar-refractivity contribution in [3.05, 3.63) is 46.6 Å². The zero-order valence-corrected chi connectivity index (χ0v) is 14.6. The Morgan fingerprint density at radius 3 is 2.32 bits per heavy atom. The molecule has 9 heteroatoms. The lowest BCUT2D eigenvalue weighted by atomic mass is 9.99. The smallest absolute Gasteiger partial charge is 0.231 e. The van der Waals surface area contributed by atoms with Crippen molar-refractivity contribution in [2.45, 2.75) is 33.0 Å². The zero-order valence-electron chi connectivity index (χ0n) is 13.8. The van der Waals surface area contributed by atoms with Crippen molar-refractivity contribution in [3.8, 4) is 0 Å². The van der Waals surface area contributed by atoms with Gasteiger partial charge >= 0.3 is 0 Å². The summed E-state index contributed by atoms with van der Waals surface area (Å²) in [5, 5.41) is 4.08. The highest BCUT2D eigenvalue weighted by Gasteiger charge is 2.37. The highest BCUT2D eigenvalue weighted by atomic mass is 35.5. The number of rotatable bonds is 3. The first-order chi connectivity index (χ1) is 11.7. The fraction of sp³-hybridized carbons (Fsp3) is 0.375. The van der Waals surface area contributed by atoms with Gasteiger partial charge in [-0.25, -0.2) is 17.9 Å². The molecule has 0 radical (unpaired) electrons. The fourth-order valence-corrected chi connectivity index (χ4v) is 3.22. The molecule has 2 N–H and O–H groups in total. The maximum atomic E-state index is 14.3. The number of halogens is 4. The van der Waals surface area contributed by atoms with Crippen LogP contribution in [-0.4, -0.2) is 20.8 Å². The van der Waals surface area contributed by atoms with Gasteiger partial charge in [-0.3, -0.25) is 4.90 Å². The number of aromatic nitrogens is 3. The van der Waals surface area contributed by atoms with Crippen molar-refractivity contribution in [1.82, 2.24) is 14.8 Å². The number of anilines is 1. The lowest BCUT2D eigenvalue weighted by Gasteiger charge is -2.38. The standard InChI is InChI=1S/C16H17ClF3N5/c1-7(2)8(3)24-14(17)13(15(21)25-16(24)22-6-23-25)12-10(19)4-9(18)5-11(12)20/h4-8,15H,21H2,1-3H3/t8-,15?/m1/s1. The van der Waals surface area contributed by atoms with Gasteiger partial charge < -0.3 is 5.73 Å². The molecule has 2 heterocycles. The molecule has 2 atom stereocenters. The van der Waals surface area contributed by atoms with Gasteiger partial charge in [0.25, 0.3) is 0 Å². The van der Waals surface area contributed by atoms with Crippen LogP contribution in [0.25, 0.3) is 5.57 Å². The molecular weight excluding hydrogens is 355 g/mol. The van der Waals surface area contributed by atoms with E-state index in [4.69, 9.17) is 17.3 Å². The molecule has 0 bridgehead atoms.